The van der Waals surface area contributed by atoms with Gasteiger partial charge in [0.25, 0.3) is 0 Å². The Bertz CT molecular complexity index is 1130. The average Bonchev–Trinajstić information content (AvgIpc) is 3.33. The topological polar surface area (TPSA) is 37.6 Å². The van der Waals surface area contributed by atoms with E-state index in [0.717, 1.165) is 33.9 Å². The van der Waals surface area contributed by atoms with Gasteiger partial charge in [0.05, 0.1) is 5.69 Å². The summed E-state index contributed by atoms with van der Waals surface area (Å²) >= 11 is 1.58. The first-order chi connectivity index (χ1) is 14.5. The molecule has 4 nitrogen and oxygen atoms in total. The summed E-state index contributed by atoms with van der Waals surface area (Å²) in [5.41, 5.74) is 3.95. The highest BCUT2D eigenvalue weighted by Crippen LogP contribution is 2.24. The molecule has 0 saturated carbocycles. The molecular weight excluding hydrogens is 397 g/mol. The number of carbonyl (C=O) groups excluding carboxylic acids is 1. The monoisotopic (exact) mass is 421 g/mol. The van der Waals surface area contributed by atoms with Gasteiger partial charge in [-0.15, -0.1) is 11.3 Å². The van der Waals surface area contributed by atoms with E-state index in [1.165, 1.54) is 12.1 Å². The first-order valence-corrected chi connectivity index (χ1v) is 10.9. The third-order valence-corrected chi connectivity index (χ3v) is 5.97. The van der Waals surface area contributed by atoms with Gasteiger partial charge in [0, 0.05) is 48.3 Å². The molecule has 0 radical (unpaired) electrons. The number of thiazole rings is 1. The Morgan fingerprint density at radius 2 is 1.87 bits per heavy atom. The van der Waals surface area contributed by atoms with Crippen molar-refractivity contribution in [2.45, 2.75) is 26.8 Å². The number of nitrogens with zero attached hydrogens (tertiary/aromatic N) is 3. The second-order valence-electron chi connectivity index (χ2n) is 7.66. The molecule has 6 heteroatoms. The summed E-state index contributed by atoms with van der Waals surface area (Å²) in [6, 6.07) is 16.5. The molecule has 30 heavy (non-hydrogen) atoms. The molecular formula is C24H24FN3OS. The van der Waals surface area contributed by atoms with Gasteiger partial charge in [0.1, 0.15) is 5.82 Å². The van der Waals surface area contributed by atoms with Crippen LogP contribution >= 0.6 is 11.3 Å². The van der Waals surface area contributed by atoms with Crippen molar-refractivity contribution in [2.75, 3.05) is 6.54 Å². The van der Waals surface area contributed by atoms with Crippen LogP contribution in [0.1, 0.15) is 25.1 Å². The normalized spacial score (nSPS) is 11.3. The Balaban J connectivity index is 1.53. The van der Waals surface area contributed by atoms with Crippen molar-refractivity contribution < 1.29 is 9.18 Å². The smallest absolute Gasteiger partial charge is 0.225 e. The SMILES string of the molecule is CC(C)C(=O)N(CCc1csc2nc(-c3ccc(F)cc3)cn12)Cc1ccccc1. The fourth-order valence-electron chi connectivity index (χ4n) is 3.45. The van der Waals surface area contributed by atoms with E-state index < -0.39 is 0 Å². The number of benzene rings is 2. The predicted molar refractivity (Wildman–Crippen MR) is 119 cm³/mol. The summed E-state index contributed by atoms with van der Waals surface area (Å²) in [6.07, 6.45) is 2.73. The third-order valence-electron chi connectivity index (χ3n) is 5.08. The van der Waals surface area contributed by atoms with Gasteiger partial charge in [-0.1, -0.05) is 44.2 Å². The number of carbonyl (C=O) groups is 1. The van der Waals surface area contributed by atoms with E-state index in [1.54, 1.807) is 23.5 Å². The Morgan fingerprint density at radius 1 is 1.13 bits per heavy atom. The van der Waals surface area contributed by atoms with E-state index in [4.69, 9.17) is 0 Å². The van der Waals surface area contributed by atoms with E-state index in [-0.39, 0.29) is 17.6 Å². The van der Waals surface area contributed by atoms with Crippen molar-refractivity contribution in [2.24, 2.45) is 5.92 Å². The van der Waals surface area contributed by atoms with Gasteiger partial charge in [-0.3, -0.25) is 9.20 Å². The molecule has 0 aliphatic heterocycles. The van der Waals surface area contributed by atoms with Gasteiger partial charge in [-0.2, -0.15) is 0 Å². The molecule has 4 rings (SSSR count). The van der Waals surface area contributed by atoms with Crippen LogP contribution in [0.2, 0.25) is 0 Å². The van der Waals surface area contributed by atoms with Crippen molar-refractivity contribution in [1.29, 1.82) is 0 Å². The minimum absolute atomic E-state index is 0.0467. The Morgan fingerprint density at radius 3 is 2.57 bits per heavy atom. The molecule has 0 aliphatic rings. The van der Waals surface area contributed by atoms with E-state index in [0.29, 0.717) is 13.1 Å². The molecule has 0 bridgehead atoms. The first kappa shape index (κ1) is 20.3. The van der Waals surface area contributed by atoms with Gasteiger partial charge in [-0.25, -0.2) is 9.37 Å². The fraction of sp³-hybridized carbons (Fsp3) is 0.250. The lowest BCUT2D eigenvalue weighted by Gasteiger charge is -2.24. The summed E-state index contributed by atoms with van der Waals surface area (Å²) < 4.78 is 15.3. The summed E-state index contributed by atoms with van der Waals surface area (Å²) in [4.78, 5) is 20.3. The zero-order valence-corrected chi connectivity index (χ0v) is 17.9. The quantitative estimate of drug-likeness (QED) is 0.399. The molecule has 2 heterocycles. The van der Waals surface area contributed by atoms with Crippen molar-refractivity contribution in [3.8, 4) is 11.3 Å². The maximum Gasteiger partial charge on any atom is 0.225 e. The molecule has 0 N–H and O–H groups in total. The number of fused-ring (bicyclic) bond motifs is 1. The van der Waals surface area contributed by atoms with Crippen LogP contribution in [0.25, 0.3) is 16.2 Å². The number of hydrogen-bond acceptors (Lipinski definition) is 3. The van der Waals surface area contributed by atoms with Crippen LogP contribution in [0.15, 0.2) is 66.2 Å². The average molecular weight is 422 g/mol. The zero-order chi connectivity index (χ0) is 21.1. The highest BCUT2D eigenvalue weighted by atomic mass is 32.1. The van der Waals surface area contributed by atoms with E-state index in [1.807, 2.05) is 55.3 Å². The van der Waals surface area contributed by atoms with E-state index >= 15 is 0 Å². The Hall–Kier alpha value is -2.99. The van der Waals surface area contributed by atoms with Crippen LogP contribution in [-0.4, -0.2) is 26.7 Å². The molecule has 0 fully saturated rings. The molecule has 2 aromatic heterocycles. The minimum atomic E-state index is -0.256. The van der Waals surface area contributed by atoms with Gasteiger partial charge < -0.3 is 4.90 Å². The lowest BCUT2D eigenvalue weighted by Crippen LogP contribution is -2.35. The Labute approximate surface area is 179 Å². The third kappa shape index (κ3) is 4.44. The number of rotatable bonds is 7. The molecule has 0 unspecified atom stereocenters. The van der Waals surface area contributed by atoms with Crippen LogP contribution in [-0.2, 0) is 17.8 Å². The molecule has 2 aromatic carbocycles. The molecule has 0 saturated heterocycles. The lowest BCUT2D eigenvalue weighted by molar-refractivity contribution is -0.135. The number of halogens is 1. The highest BCUT2D eigenvalue weighted by Gasteiger charge is 2.18. The van der Waals surface area contributed by atoms with Gasteiger partial charge in [-0.05, 0) is 29.8 Å². The van der Waals surface area contributed by atoms with Gasteiger partial charge in [0.15, 0.2) is 4.96 Å². The molecule has 154 valence electrons. The second-order valence-corrected chi connectivity index (χ2v) is 8.50. The number of imidazole rings is 1. The van der Waals surface area contributed by atoms with Crippen LogP contribution in [0, 0.1) is 11.7 Å². The second kappa shape index (κ2) is 8.79. The largest absolute Gasteiger partial charge is 0.338 e. The lowest BCUT2D eigenvalue weighted by atomic mass is 10.1. The molecule has 4 aromatic rings. The van der Waals surface area contributed by atoms with Crippen molar-refractivity contribution in [1.82, 2.24) is 14.3 Å². The summed E-state index contributed by atoms with van der Waals surface area (Å²) in [5.74, 6) is -0.147. The van der Waals surface area contributed by atoms with Crippen molar-refractivity contribution in [3.63, 3.8) is 0 Å². The molecule has 1 amide bonds. The first-order valence-electron chi connectivity index (χ1n) is 10.1. The van der Waals surface area contributed by atoms with Crippen LogP contribution in [0.5, 0.6) is 0 Å². The zero-order valence-electron chi connectivity index (χ0n) is 17.1. The summed E-state index contributed by atoms with van der Waals surface area (Å²) in [6.45, 7) is 5.12. The number of amides is 1. The maximum atomic E-state index is 13.2. The highest BCUT2D eigenvalue weighted by molar-refractivity contribution is 7.15. The standard InChI is InChI=1S/C24H24FN3OS/c1-17(2)23(29)27(14-18-6-4-3-5-7-18)13-12-21-16-30-24-26-22(15-28(21)24)19-8-10-20(25)11-9-19/h3-11,15-17H,12-14H2,1-2H3. The molecule has 0 spiro atoms. The van der Waals surface area contributed by atoms with Crippen LogP contribution in [0.4, 0.5) is 4.39 Å². The summed E-state index contributed by atoms with van der Waals surface area (Å²) in [5, 5.41) is 2.09. The van der Waals surface area contributed by atoms with Crippen molar-refractivity contribution >= 4 is 22.2 Å². The van der Waals surface area contributed by atoms with Crippen LogP contribution < -0.4 is 0 Å². The van der Waals surface area contributed by atoms with Gasteiger partial charge >= 0.3 is 0 Å². The maximum absolute atomic E-state index is 13.2. The fourth-order valence-corrected chi connectivity index (χ4v) is 4.36. The molecule has 0 aliphatic carbocycles. The number of hydrogen-bond donors (Lipinski definition) is 0. The van der Waals surface area contributed by atoms with Gasteiger partial charge in [0.2, 0.25) is 5.91 Å². The number of aromatic nitrogens is 2. The Kier molecular flexibility index (Phi) is 5.95. The predicted octanol–water partition coefficient (Wildman–Crippen LogP) is 5.43. The van der Waals surface area contributed by atoms with Crippen molar-refractivity contribution in [3.05, 3.63) is 83.2 Å². The van der Waals surface area contributed by atoms with E-state index in [2.05, 4.69) is 14.8 Å². The summed E-state index contributed by atoms with van der Waals surface area (Å²) in [7, 11) is 0. The minimum Gasteiger partial charge on any atom is -0.338 e. The molecule has 0 atom stereocenters. The van der Waals surface area contributed by atoms with E-state index in [9.17, 15) is 9.18 Å². The van der Waals surface area contributed by atoms with Crippen LogP contribution in [0.3, 0.4) is 0 Å².